The Kier molecular flexibility index (Phi) is 7.07. The van der Waals surface area contributed by atoms with E-state index < -0.39 is 5.91 Å². The van der Waals surface area contributed by atoms with Gasteiger partial charge in [-0.25, -0.2) is 0 Å². The fraction of sp³-hybridized carbons (Fsp3) is 0.0345. The number of aromatic hydroxyl groups is 1. The molecule has 39 heavy (non-hydrogen) atoms. The van der Waals surface area contributed by atoms with Crippen molar-refractivity contribution in [1.29, 1.82) is 5.26 Å². The smallest absolute Gasteiger partial charge is 0.259 e. The molecule has 190 valence electrons. The Morgan fingerprint density at radius 2 is 1.54 bits per heavy atom. The molecule has 0 spiro atoms. The minimum Gasteiger partial charge on any atom is -0.505 e. The van der Waals surface area contributed by atoms with Crippen LogP contribution >= 0.6 is 11.5 Å². The first-order valence-corrected chi connectivity index (χ1v) is 12.5. The third kappa shape index (κ3) is 5.34. The predicted octanol–water partition coefficient (Wildman–Crippen LogP) is 7.10. The van der Waals surface area contributed by atoms with E-state index in [9.17, 15) is 20.0 Å². The lowest BCUT2D eigenvalue weighted by atomic mass is 10.0. The second-order valence-corrected chi connectivity index (χ2v) is 9.21. The van der Waals surface area contributed by atoms with Crippen molar-refractivity contribution in [2.24, 2.45) is 10.2 Å². The van der Waals surface area contributed by atoms with Gasteiger partial charge in [-0.1, -0.05) is 42.5 Å². The molecular weight excluding hydrogens is 512 g/mol. The molecule has 3 N–H and O–H groups in total. The number of nitrogens with one attached hydrogen (secondary N) is 2. The van der Waals surface area contributed by atoms with E-state index in [-0.39, 0.29) is 33.5 Å². The average molecular weight is 533 g/mol. The zero-order valence-electron chi connectivity index (χ0n) is 20.5. The van der Waals surface area contributed by atoms with Crippen LogP contribution in [-0.2, 0) is 0 Å². The highest BCUT2D eigenvalue weighted by atomic mass is 32.1. The first kappa shape index (κ1) is 25.3. The van der Waals surface area contributed by atoms with Crippen molar-refractivity contribution in [3.8, 4) is 11.8 Å². The summed E-state index contributed by atoms with van der Waals surface area (Å²) in [4.78, 5) is 26.1. The Morgan fingerprint density at radius 1 is 0.897 bits per heavy atom. The SMILES string of the molecule is Cc1nsc(N=Nc2c(O)c(C(=O)Nc3ccccc3)cc3cc(C(=O)Nc4ccccc4)ccc23)c1C#N. The van der Waals surface area contributed by atoms with Crippen LogP contribution in [0.15, 0.2) is 95.2 Å². The van der Waals surface area contributed by atoms with Crippen LogP contribution in [0, 0.1) is 18.3 Å². The molecule has 4 aromatic carbocycles. The first-order chi connectivity index (χ1) is 18.9. The Hall–Kier alpha value is -5.40. The maximum absolute atomic E-state index is 13.2. The molecule has 0 bridgehead atoms. The molecule has 0 aliphatic rings. The van der Waals surface area contributed by atoms with Crippen molar-refractivity contribution in [2.45, 2.75) is 6.92 Å². The fourth-order valence-corrected chi connectivity index (χ4v) is 4.56. The number of fused-ring (bicyclic) bond motifs is 1. The topological polar surface area (TPSA) is 140 Å². The minimum atomic E-state index is -0.567. The number of hydrogen-bond acceptors (Lipinski definition) is 8. The van der Waals surface area contributed by atoms with Crippen molar-refractivity contribution in [3.05, 3.63) is 107 Å². The van der Waals surface area contributed by atoms with Gasteiger partial charge in [0.05, 0.1) is 11.3 Å². The molecule has 0 saturated heterocycles. The highest BCUT2D eigenvalue weighted by Gasteiger charge is 2.20. The number of anilines is 2. The van der Waals surface area contributed by atoms with E-state index in [2.05, 4.69) is 31.3 Å². The molecule has 1 heterocycles. The number of para-hydroxylation sites is 2. The highest BCUT2D eigenvalue weighted by Crippen LogP contribution is 2.41. The van der Waals surface area contributed by atoms with Crippen molar-refractivity contribution in [2.75, 3.05) is 10.6 Å². The lowest BCUT2D eigenvalue weighted by Crippen LogP contribution is -2.13. The number of hydrogen-bond donors (Lipinski definition) is 3. The zero-order chi connectivity index (χ0) is 27.4. The molecule has 5 rings (SSSR count). The maximum Gasteiger partial charge on any atom is 0.259 e. The van der Waals surface area contributed by atoms with Crippen LogP contribution in [0.1, 0.15) is 32.0 Å². The molecule has 0 unspecified atom stereocenters. The number of phenols is 1. The molecule has 2 amide bonds. The van der Waals surface area contributed by atoms with Crippen LogP contribution in [0.2, 0.25) is 0 Å². The number of aryl methyl sites for hydroxylation is 1. The number of nitriles is 1. The molecule has 0 saturated carbocycles. The molecule has 0 radical (unpaired) electrons. The van der Waals surface area contributed by atoms with Gasteiger partial charge in [0.15, 0.2) is 10.8 Å². The number of azo groups is 1. The Morgan fingerprint density at radius 3 is 2.18 bits per heavy atom. The van der Waals surface area contributed by atoms with Crippen LogP contribution in [0.3, 0.4) is 0 Å². The van der Waals surface area contributed by atoms with Crippen molar-refractivity contribution >= 4 is 56.2 Å². The Labute approximate surface area is 227 Å². The predicted molar refractivity (Wildman–Crippen MR) is 150 cm³/mol. The third-order valence-corrected chi connectivity index (χ3v) is 6.68. The number of amides is 2. The maximum atomic E-state index is 13.2. The Bertz CT molecular complexity index is 1780. The largest absolute Gasteiger partial charge is 0.505 e. The number of nitrogens with zero attached hydrogens (tertiary/aromatic N) is 4. The van der Waals surface area contributed by atoms with E-state index in [1.807, 2.05) is 24.3 Å². The molecule has 10 heteroatoms. The summed E-state index contributed by atoms with van der Waals surface area (Å²) < 4.78 is 4.14. The Balaban J connectivity index is 1.60. The van der Waals surface area contributed by atoms with E-state index in [0.717, 1.165) is 11.5 Å². The molecule has 5 aromatic rings. The van der Waals surface area contributed by atoms with Crippen LogP contribution in [0.4, 0.5) is 22.1 Å². The van der Waals surface area contributed by atoms with Crippen molar-refractivity contribution in [1.82, 2.24) is 4.37 Å². The van der Waals surface area contributed by atoms with E-state index in [0.29, 0.717) is 33.4 Å². The van der Waals surface area contributed by atoms with Crippen molar-refractivity contribution in [3.63, 3.8) is 0 Å². The molecular formula is C29H20N6O3S. The summed E-state index contributed by atoms with van der Waals surface area (Å²) in [5.41, 5.74) is 2.30. The molecule has 0 fully saturated rings. The second-order valence-electron chi connectivity index (χ2n) is 8.46. The van der Waals surface area contributed by atoms with E-state index in [1.54, 1.807) is 61.5 Å². The van der Waals surface area contributed by atoms with E-state index >= 15 is 0 Å². The molecule has 1 aromatic heterocycles. The van der Waals surface area contributed by atoms with Gasteiger partial charge in [-0.05, 0) is 66.3 Å². The van der Waals surface area contributed by atoms with Gasteiger partial charge in [-0.2, -0.15) is 9.64 Å². The van der Waals surface area contributed by atoms with Gasteiger partial charge in [-0.3, -0.25) is 9.59 Å². The van der Waals surface area contributed by atoms with Crippen molar-refractivity contribution < 1.29 is 14.7 Å². The quantitative estimate of drug-likeness (QED) is 0.200. The van der Waals surface area contributed by atoms with Gasteiger partial charge in [0.1, 0.15) is 17.3 Å². The van der Waals surface area contributed by atoms with Gasteiger partial charge in [0.25, 0.3) is 11.8 Å². The summed E-state index contributed by atoms with van der Waals surface area (Å²) >= 11 is 1.00. The summed E-state index contributed by atoms with van der Waals surface area (Å²) in [6.07, 6.45) is 0. The summed E-state index contributed by atoms with van der Waals surface area (Å²) in [6.45, 7) is 1.69. The number of rotatable bonds is 6. The van der Waals surface area contributed by atoms with Gasteiger partial charge < -0.3 is 15.7 Å². The number of carbonyl (C=O) groups is 2. The zero-order valence-corrected chi connectivity index (χ0v) is 21.4. The molecule has 0 aliphatic heterocycles. The number of aromatic nitrogens is 1. The standard InChI is InChI=1S/C29H20N6O3S/c1-17-24(16-30)29(39-35-17)34-33-25-22-13-12-18(27(37)31-20-8-4-2-5-9-20)14-19(22)15-23(26(25)36)28(38)32-21-10-6-3-7-11-21/h2-15,36H,1H3,(H,31,37)(H,32,38). The van der Waals surface area contributed by atoms with Crippen LogP contribution < -0.4 is 10.6 Å². The summed E-state index contributed by atoms with van der Waals surface area (Å²) in [7, 11) is 0. The normalized spacial score (nSPS) is 10.9. The minimum absolute atomic E-state index is 0.0238. The summed E-state index contributed by atoms with van der Waals surface area (Å²) in [6, 6.07) is 26.2. The fourth-order valence-electron chi connectivity index (χ4n) is 3.89. The van der Waals surface area contributed by atoms with Crippen LogP contribution in [0.25, 0.3) is 10.8 Å². The van der Waals surface area contributed by atoms with E-state index in [4.69, 9.17) is 0 Å². The monoisotopic (exact) mass is 532 g/mol. The van der Waals surface area contributed by atoms with Crippen LogP contribution in [0.5, 0.6) is 5.75 Å². The highest BCUT2D eigenvalue weighted by molar-refractivity contribution is 7.10. The molecule has 0 aliphatic carbocycles. The lowest BCUT2D eigenvalue weighted by Gasteiger charge is -2.12. The first-order valence-electron chi connectivity index (χ1n) is 11.7. The summed E-state index contributed by atoms with van der Waals surface area (Å²) in [5.74, 6) is -1.29. The molecule has 0 atom stereocenters. The number of carbonyl (C=O) groups excluding carboxylic acids is 2. The summed E-state index contributed by atoms with van der Waals surface area (Å²) in [5, 5.41) is 35.8. The van der Waals surface area contributed by atoms with Gasteiger partial charge in [0, 0.05) is 22.3 Å². The average Bonchev–Trinajstić information content (AvgIpc) is 3.32. The lowest BCUT2D eigenvalue weighted by molar-refractivity contribution is 0.101. The van der Waals surface area contributed by atoms with Crippen LogP contribution in [-0.4, -0.2) is 21.3 Å². The number of benzene rings is 4. The second kappa shape index (κ2) is 10.9. The number of phenolic OH excluding ortho intramolecular Hbond substituents is 1. The van der Waals surface area contributed by atoms with E-state index in [1.165, 1.54) is 6.07 Å². The van der Waals surface area contributed by atoms with Gasteiger partial charge >= 0.3 is 0 Å². The van der Waals surface area contributed by atoms with Gasteiger partial charge in [-0.15, -0.1) is 10.2 Å². The molecule has 9 nitrogen and oxygen atoms in total. The van der Waals surface area contributed by atoms with Gasteiger partial charge in [0.2, 0.25) is 0 Å². The third-order valence-electron chi connectivity index (χ3n) is 5.85.